The molecule has 0 spiro atoms. The number of hydrogen-bond acceptors (Lipinski definition) is 4. The molecule has 1 aliphatic heterocycles. The van der Waals surface area contributed by atoms with Crippen LogP contribution in [-0.4, -0.2) is 52.5 Å². The van der Waals surface area contributed by atoms with E-state index in [1.165, 1.54) is 0 Å². The van der Waals surface area contributed by atoms with E-state index < -0.39 is 0 Å². The second-order valence-electron chi connectivity index (χ2n) is 5.07. The Bertz CT molecular complexity index is 328. The molecular formula is C13H25N3OS2. The van der Waals surface area contributed by atoms with E-state index in [2.05, 4.69) is 23.4 Å². The third-order valence-corrected chi connectivity index (χ3v) is 5.85. The highest BCUT2D eigenvalue weighted by atomic mass is 32.2. The van der Waals surface area contributed by atoms with Crippen molar-refractivity contribution < 1.29 is 4.79 Å². The molecule has 1 atom stereocenters. The van der Waals surface area contributed by atoms with Crippen LogP contribution in [0.1, 0.15) is 33.1 Å². The molecule has 0 bridgehead atoms. The van der Waals surface area contributed by atoms with E-state index >= 15 is 0 Å². The van der Waals surface area contributed by atoms with Crippen LogP contribution in [-0.2, 0) is 4.79 Å². The van der Waals surface area contributed by atoms with Gasteiger partial charge >= 0.3 is 0 Å². The van der Waals surface area contributed by atoms with Gasteiger partial charge < -0.3 is 11.1 Å². The normalized spacial score (nSPS) is 20.8. The maximum absolute atomic E-state index is 12.0. The third-order valence-electron chi connectivity index (χ3n) is 3.92. The van der Waals surface area contributed by atoms with Crippen molar-refractivity contribution in [3.8, 4) is 0 Å². The number of amides is 1. The van der Waals surface area contributed by atoms with Crippen molar-refractivity contribution in [1.82, 2.24) is 10.2 Å². The minimum absolute atomic E-state index is 0.0715. The number of rotatable bonds is 6. The summed E-state index contributed by atoms with van der Waals surface area (Å²) in [6.45, 7) is 6.52. The molecule has 1 saturated heterocycles. The maximum Gasteiger partial charge on any atom is 0.237 e. The van der Waals surface area contributed by atoms with Gasteiger partial charge in [-0.25, -0.2) is 0 Å². The Morgan fingerprint density at radius 3 is 2.53 bits per heavy atom. The number of piperidine rings is 1. The topological polar surface area (TPSA) is 58.4 Å². The van der Waals surface area contributed by atoms with E-state index in [1.807, 2.05) is 6.92 Å². The summed E-state index contributed by atoms with van der Waals surface area (Å²) >= 11 is 6.94. The lowest BCUT2D eigenvalue weighted by Gasteiger charge is -2.41. The van der Waals surface area contributed by atoms with Crippen molar-refractivity contribution in [2.75, 3.05) is 25.9 Å². The van der Waals surface area contributed by atoms with Gasteiger partial charge in [0, 0.05) is 19.6 Å². The van der Waals surface area contributed by atoms with Gasteiger partial charge in [-0.1, -0.05) is 19.1 Å². The number of thiocarbonyl (C=S) groups is 1. The first-order chi connectivity index (χ1) is 8.96. The van der Waals surface area contributed by atoms with E-state index in [9.17, 15) is 4.79 Å². The molecule has 3 N–H and O–H groups in total. The van der Waals surface area contributed by atoms with Crippen molar-refractivity contribution in [3.05, 3.63) is 0 Å². The molecule has 0 aromatic rings. The Labute approximate surface area is 125 Å². The summed E-state index contributed by atoms with van der Waals surface area (Å²) in [5.74, 6) is 0.119. The molecule has 1 unspecified atom stereocenters. The summed E-state index contributed by atoms with van der Waals surface area (Å²) in [6.07, 6.45) is 4.88. The van der Waals surface area contributed by atoms with Crippen LogP contribution in [0.25, 0.3) is 0 Å². The van der Waals surface area contributed by atoms with Crippen LogP contribution >= 0.6 is 24.0 Å². The monoisotopic (exact) mass is 303 g/mol. The van der Waals surface area contributed by atoms with Crippen LogP contribution in [0.2, 0.25) is 0 Å². The minimum Gasteiger partial charge on any atom is -0.392 e. The highest BCUT2D eigenvalue weighted by molar-refractivity contribution is 8.02. The molecular weight excluding hydrogens is 278 g/mol. The first-order valence-electron chi connectivity index (χ1n) is 6.83. The molecule has 1 amide bonds. The van der Waals surface area contributed by atoms with Crippen molar-refractivity contribution in [3.63, 3.8) is 0 Å². The van der Waals surface area contributed by atoms with Gasteiger partial charge in [0.2, 0.25) is 5.91 Å². The zero-order chi connectivity index (χ0) is 14.5. The minimum atomic E-state index is -0.0779. The third kappa shape index (κ3) is 4.07. The van der Waals surface area contributed by atoms with E-state index in [4.69, 9.17) is 18.0 Å². The van der Waals surface area contributed by atoms with Gasteiger partial charge in [-0.15, -0.1) is 0 Å². The predicted molar refractivity (Wildman–Crippen MR) is 86.6 cm³/mol. The summed E-state index contributed by atoms with van der Waals surface area (Å²) in [5.41, 5.74) is 5.87. The Morgan fingerprint density at radius 2 is 2.11 bits per heavy atom. The highest BCUT2D eigenvalue weighted by Gasteiger charge is 2.38. The molecule has 1 fully saturated rings. The lowest BCUT2D eigenvalue weighted by molar-refractivity contribution is -0.126. The second-order valence-corrected chi connectivity index (χ2v) is 6.70. The van der Waals surface area contributed by atoms with Crippen LogP contribution in [0.5, 0.6) is 0 Å². The molecule has 4 nitrogen and oxygen atoms in total. The molecule has 110 valence electrons. The molecule has 0 saturated carbocycles. The molecule has 1 aliphatic rings. The van der Waals surface area contributed by atoms with E-state index in [1.54, 1.807) is 11.8 Å². The van der Waals surface area contributed by atoms with Crippen LogP contribution in [0.4, 0.5) is 0 Å². The van der Waals surface area contributed by atoms with Crippen molar-refractivity contribution >= 4 is 34.9 Å². The molecule has 1 heterocycles. The number of carbonyl (C=O) groups is 1. The number of carbonyl (C=O) groups excluding carboxylic acids is 1. The maximum atomic E-state index is 12.0. The molecule has 6 heteroatoms. The van der Waals surface area contributed by atoms with Gasteiger partial charge in [0.05, 0.1) is 15.8 Å². The van der Waals surface area contributed by atoms with Gasteiger partial charge in [-0.3, -0.25) is 9.69 Å². The number of likely N-dealkylation sites (tertiary alicyclic amines) is 1. The molecule has 0 radical (unpaired) electrons. The Morgan fingerprint density at radius 1 is 1.53 bits per heavy atom. The van der Waals surface area contributed by atoms with Gasteiger partial charge in [0.25, 0.3) is 0 Å². The number of nitrogens with zero attached hydrogens (tertiary/aromatic N) is 1. The summed E-state index contributed by atoms with van der Waals surface area (Å²) in [7, 11) is 0. The Hall–Kier alpha value is -0.330. The smallest absolute Gasteiger partial charge is 0.237 e. The van der Waals surface area contributed by atoms with Crippen LogP contribution in [0, 0.1) is 0 Å². The van der Waals surface area contributed by atoms with Gasteiger partial charge in [-0.05, 0) is 32.4 Å². The lowest BCUT2D eigenvalue weighted by atomic mass is 9.94. The van der Waals surface area contributed by atoms with E-state index in [-0.39, 0.29) is 16.7 Å². The number of nitrogens with two attached hydrogens (primary N) is 1. The van der Waals surface area contributed by atoms with Gasteiger partial charge in [0.15, 0.2) is 0 Å². The summed E-state index contributed by atoms with van der Waals surface area (Å²) in [5, 5.41) is 2.95. The first-order valence-corrected chi connectivity index (χ1v) is 8.47. The molecule has 0 aliphatic carbocycles. The summed E-state index contributed by atoms with van der Waals surface area (Å²) in [4.78, 5) is 14.8. The fourth-order valence-corrected chi connectivity index (χ4v) is 3.63. The molecule has 0 aromatic heterocycles. The number of nitrogens with one attached hydrogen (secondary N) is 1. The van der Waals surface area contributed by atoms with E-state index in [0.29, 0.717) is 4.99 Å². The molecule has 0 aromatic carbocycles. The van der Waals surface area contributed by atoms with Crippen LogP contribution in [0.3, 0.4) is 0 Å². The average molecular weight is 303 g/mol. The predicted octanol–water partition coefficient (Wildman–Crippen LogP) is 1.38. The Balaban J connectivity index is 2.53. The molecule has 19 heavy (non-hydrogen) atoms. The lowest BCUT2D eigenvalue weighted by Crippen LogP contribution is -2.54. The zero-order valence-electron chi connectivity index (χ0n) is 12.1. The largest absolute Gasteiger partial charge is 0.392 e. The standard InChI is InChI=1S/C13H25N3OS2/c1-4-7-15-11(17)10(2)16-8-5-13(19-3,6-9-16)12(14)18/h10H,4-9H2,1-3H3,(H2,14,18)(H,15,17). The van der Waals surface area contributed by atoms with Crippen molar-refractivity contribution in [2.24, 2.45) is 5.73 Å². The number of thioether (sulfide) groups is 1. The Kier molecular flexibility index (Phi) is 6.56. The van der Waals surface area contributed by atoms with Crippen LogP contribution < -0.4 is 11.1 Å². The fraction of sp³-hybridized carbons (Fsp3) is 0.846. The second kappa shape index (κ2) is 7.45. The molecule has 1 rings (SSSR count). The fourth-order valence-electron chi connectivity index (χ4n) is 2.39. The van der Waals surface area contributed by atoms with Gasteiger partial charge in [-0.2, -0.15) is 11.8 Å². The van der Waals surface area contributed by atoms with Crippen molar-refractivity contribution in [1.29, 1.82) is 0 Å². The zero-order valence-corrected chi connectivity index (χ0v) is 13.7. The first kappa shape index (κ1) is 16.7. The summed E-state index contributed by atoms with van der Waals surface area (Å²) < 4.78 is -0.0779. The highest BCUT2D eigenvalue weighted by Crippen LogP contribution is 2.35. The average Bonchev–Trinajstić information content (AvgIpc) is 2.43. The van der Waals surface area contributed by atoms with E-state index in [0.717, 1.165) is 38.9 Å². The number of hydrogen-bond donors (Lipinski definition) is 2. The SMILES string of the molecule is CCCNC(=O)C(C)N1CCC(SC)(C(N)=S)CC1. The quantitative estimate of drug-likeness (QED) is 0.726. The van der Waals surface area contributed by atoms with Crippen LogP contribution in [0.15, 0.2) is 0 Å². The van der Waals surface area contributed by atoms with Crippen molar-refractivity contribution in [2.45, 2.75) is 43.9 Å². The summed E-state index contributed by atoms with van der Waals surface area (Å²) in [6, 6.07) is -0.0715. The van der Waals surface area contributed by atoms with Gasteiger partial charge in [0.1, 0.15) is 0 Å².